The maximum atomic E-state index is 13.0. The highest BCUT2D eigenvalue weighted by Crippen LogP contribution is 2.34. The smallest absolute Gasteiger partial charge is 0.225 e. The Morgan fingerprint density at radius 3 is 2.48 bits per heavy atom. The molecule has 1 aliphatic heterocycles. The molecule has 1 aliphatic carbocycles. The van der Waals surface area contributed by atoms with Gasteiger partial charge in [0.25, 0.3) is 0 Å². The lowest BCUT2D eigenvalue weighted by atomic mass is 9.80. The summed E-state index contributed by atoms with van der Waals surface area (Å²) in [6, 6.07) is 0. The van der Waals surface area contributed by atoms with Crippen molar-refractivity contribution in [1.29, 1.82) is 0 Å². The van der Waals surface area contributed by atoms with E-state index in [0.29, 0.717) is 17.7 Å². The van der Waals surface area contributed by atoms with Gasteiger partial charge in [-0.3, -0.25) is 9.69 Å². The summed E-state index contributed by atoms with van der Waals surface area (Å²) in [7, 11) is 1.90. The van der Waals surface area contributed by atoms with Crippen LogP contribution in [0.15, 0.2) is 11.6 Å². The molecule has 1 saturated heterocycles. The van der Waals surface area contributed by atoms with Crippen molar-refractivity contribution in [2.24, 2.45) is 11.8 Å². The van der Waals surface area contributed by atoms with Crippen molar-refractivity contribution in [3.8, 4) is 0 Å². The molecule has 2 fully saturated rings. The number of carbonyl (C=O) groups excluding carboxylic acids is 1. The number of ether oxygens (including phenoxy) is 1. The molecule has 1 amide bonds. The van der Waals surface area contributed by atoms with E-state index in [1.807, 2.05) is 44.3 Å². The van der Waals surface area contributed by atoms with Crippen molar-refractivity contribution in [1.82, 2.24) is 14.8 Å². The average Bonchev–Trinajstić information content (AvgIpc) is 3.21. The van der Waals surface area contributed by atoms with Gasteiger partial charge in [-0.15, -0.1) is 11.3 Å². The number of aliphatic hydroxyl groups is 1. The summed E-state index contributed by atoms with van der Waals surface area (Å²) in [5.41, 5.74) is -0.370. The lowest BCUT2D eigenvalue weighted by molar-refractivity contribution is -0.235. The molecule has 1 aromatic heterocycles. The minimum Gasteiger partial charge on any atom is -0.356 e. The summed E-state index contributed by atoms with van der Waals surface area (Å²) < 4.78 is 5.63. The van der Waals surface area contributed by atoms with Crippen molar-refractivity contribution >= 4 is 17.2 Å². The van der Waals surface area contributed by atoms with Gasteiger partial charge in [-0.1, -0.05) is 0 Å². The summed E-state index contributed by atoms with van der Waals surface area (Å²) in [5.74, 6) is 1.55. The van der Waals surface area contributed by atoms with E-state index in [2.05, 4.69) is 9.88 Å². The van der Waals surface area contributed by atoms with Crippen LogP contribution in [0, 0.1) is 11.8 Å². The van der Waals surface area contributed by atoms with Crippen LogP contribution in [0.3, 0.4) is 0 Å². The second kappa shape index (κ2) is 9.86. The van der Waals surface area contributed by atoms with Crippen LogP contribution in [-0.4, -0.2) is 64.5 Å². The molecule has 29 heavy (non-hydrogen) atoms. The molecular weight excluding hydrogens is 386 g/mol. The number of piperidine rings is 1. The Labute approximate surface area is 179 Å². The molecule has 7 heteroatoms. The first kappa shape index (κ1) is 22.7. The lowest BCUT2D eigenvalue weighted by Gasteiger charge is -2.37. The molecule has 2 aliphatic rings. The molecule has 2 heterocycles. The molecule has 0 aromatic carbocycles. The van der Waals surface area contributed by atoms with Crippen molar-refractivity contribution in [2.45, 2.75) is 77.2 Å². The Bertz CT molecular complexity index is 630. The third-order valence-electron chi connectivity index (χ3n) is 6.19. The van der Waals surface area contributed by atoms with E-state index in [0.717, 1.165) is 58.2 Å². The van der Waals surface area contributed by atoms with Crippen LogP contribution in [0.4, 0.5) is 0 Å². The largest absolute Gasteiger partial charge is 0.356 e. The molecule has 164 valence electrons. The molecule has 1 atom stereocenters. The SMILES string of the molecule is CN(C[C@H]1CC[C@H](C(=O)N2CCC(c3nccs3)CC2)CC1)C(O)OC(C)(C)C. The topological polar surface area (TPSA) is 65.9 Å². The standard InChI is InChI=1S/C22H37N3O3S/c1-22(2,3)28-21(27)24(4)15-16-5-7-18(8-6-16)20(26)25-12-9-17(10-13-25)19-23-11-14-29-19/h11,14,16-18,21,27H,5-10,12-13,15H2,1-4H3/t16-,18-,21?. The average molecular weight is 424 g/mol. The van der Waals surface area contributed by atoms with E-state index in [-0.39, 0.29) is 11.5 Å². The number of rotatable bonds is 6. The van der Waals surface area contributed by atoms with E-state index >= 15 is 0 Å². The zero-order chi connectivity index (χ0) is 21.0. The van der Waals surface area contributed by atoms with Gasteiger partial charge in [-0.25, -0.2) is 4.98 Å². The minimum absolute atomic E-state index is 0.170. The first-order chi connectivity index (χ1) is 13.7. The van der Waals surface area contributed by atoms with E-state index in [4.69, 9.17) is 4.74 Å². The van der Waals surface area contributed by atoms with Crippen LogP contribution < -0.4 is 0 Å². The second-order valence-corrected chi connectivity index (χ2v) is 10.6. The van der Waals surface area contributed by atoms with Gasteiger partial charge in [-0.2, -0.15) is 0 Å². The van der Waals surface area contributed by atoms with Crippen LogP contribution >= 0.6 is 11.3 Å². The van der Waals surface area contributed by atoms with Gasteiger partial charge in [-0.05, 0) is 72.3 Å². The van der Waals surface area contributed by atoms with Crippen molar-refractivity contribution in [3.05, 3.63) is 16.6 Å². The van der Waals surface area contributed by atoms with E-state index in [1.165, 1.54) is 5.01 Å². The van der Waals surface area contributed by atoms with Crippen molar-refractivity contribution < 1.29 is 14.6 Å². The van der Waals surface area contributed by atoms with Crippen LogP contribution in [0.2, 0.25) is 0 Å². The molecule has 0 bridgehead atoms. The summed E-state index contributed by atoms with van der Waals surface area (Å²) in [6.07, 6.45) is 7.06. The van der Waals surface area contributed by atoms with Crippen LogP contribution in [0.1, 0.15) is 70.2 Å². The minimum atomic E-state index is -0.881. The maximum absolute atomic E-state index is 13.0. The first-order valence-corrected chi connectivity index (χ1v) is 11.8. The third-order valence-corrected chi connectivity index (χ3v) is 7.12. The quantitative estimate of drug-likeness (QED) is 0.707. The molecule has 6 nitrogen and oxygen atoms in total. The van der Waals surface area contributed by atoms with Crippen LogP contribution in [0.25, 0.3) is 0 Å². The highest BCUT2D eigenvalue weighted by molar-refractivity contribution is 7.09. The number of aromatic nitrogens is 1. The monoisotopic (exact) mass is 423 g/mol. The number of amides is 1. The molecule has 0 radical (unpaired) electrons. The Kier molecular flexibility index (Phi) is 7.70. The number of hydrogen-bond donors (Lipinski definition) is 1. The lowest BCUT2D eigenvalue weighted by Crippen LogP contribution is -2.44. The van der Waals surface area contributed by atoms with Gasteiger partial charge in [0.2, 0.25) is 12.3 Å². The fourth-order valence-electron chi connectivity index (χ4n) is 4.54. The fraction of sp³-hybridized carbons (Fsp3) is 0.818. The van der Waals surface area contributed by atoms with Crippen molar-refractivity contribution in [3.63, 3.8) is 0 Å². The molecule has 1 N–H and O–H groups in total. The van der Waals surface area contributed by atoms with Crippen molar-refractivity contribution in [2.75, 3.05) is 26.7 Å². The Morgan fingerprint density at radius 2 is 1.93 bits per heavy atom. The molecule has 1 aromatic rings. The fourth-order valence-corrected chi connectivity index (χ4v) is 5.35. The van der Waals surface area contributed by atoms with Gasteiger partial charge >= 0.3 is 0 Å². The Hall–Kier alpha value is -1.02. The summed E-state index contributed by atoms with van der Waals surface area (Å²) in [6.45, 7) is 8.36. The third kappa shape index (κ3) is 6.48. The molecular formula is C22H37N3O3S. The number of hydrogen-bond acceptors (Lipinski definition) is 6. The van der Waals surface area contributed by atoms with Crippen LogP contribution in [-0.2, 0) is 9.53 Å². The number of thiazole rings is 1. The summed E-state index contributed by atoms with van der Waals surface area (Å²) >= 11 is 1.73. The summed E-state index contributed by atoms with van der Waals surface area (Å²) in [5, 5.41) is 13.5. The highest BCUT2D eigenvalue weighted by atomic mass is 32.1. The van der Waals surface area contributed by atoms with Crippen LogP contribution in [0.5, 0.6) is 0 Å². The molecule has 3 rings (SSSR count). The number of likely N-dealkylation sites (tertiary alicyclic amines) is 1. The van der Waals surface area contributed by atoms with Gasteiger partial charge in [0.05, 0.1) is 10.6 Å². The summed E-state index contributed by atoms with van der Waals surface area (Å²) in [4.78, 5) is 21.4. The van der Waals surface area contributed by atoms with Gasteiger partial charge in [0.1, 0.15) is 0 Å². The second-order valence-electron chi connectivity index (χ2n) is 9.68. The van der Waals surface area contributed by atoms with Gasteiger partial charge in [0, 0.05) is 43.0 Å². The molecule has 1 saturated carbocycles. The predicted octanol–water partition coefficient (Wildman–Crippen LogP) is 3.68. The number of aliphatic hydroxyl groups excluding tert-OH is 1. The zero-order valence-corrected chi connectivity index (χ0v) is 19.2. The zero-order valence-electron chi connectivity index (χ0n) is 18.3. The highest BCUT2D eigenvalue weighted by Gasteiger charge is 2.33. The van der Waals surface area contributed by atoms with Gasteiger partial charge in [0.15, 0.2) is 0 Å². The normalized spacial score (nSPS) is 25.4. The first-order valence-electron chi connectivity index (χ1n) is 11.0. The predicted molar refractivity (Wildman–Crippen MR) is 116 cm³/mol. The Morgan fingerprint density at radius 1 is 1.28 bits per heavy atom. The maximum Gasteiger partial charge on any atom is 0.225 e. The molecule has 0 spiro atoms. The number of carbonyl (C=O) groups is 1. The number of nitrogens with zero attached hydrogens (tertiary/aromatic N) is 3. The van der Waals surface area contributed by atoms with Gasteiger partial charge < -0.3 is 14.7 Å². The van der Waals surface area contributed by atoms with E-state index in [9.17, 15) is 9.90 Å². The molecule has 1 unspecified atom stereocenters. The van der Waals surface area contributed by atoms with E-state index in [1.54, 1.807) is 11.3 Å². The van der Waals surface area contributed by atoms with E-state index < -0.39 is 6.41 Å². The Balaban J connectivity index is 1.39.